The fraction of sp³-hybridized carbons (Fsp3) is 0.318. The first kappa shape index (κ1) is 19.8. The zero-order valence-electron chi connectivity index (χ0n) is 17.3. The van der Waals surface area contributed by atoms with Crippen LogP contribution >= 0.6 is 0 Å². The van der Waals surface area contributed by atoms with Crippen molar-refractivity contribution in [2.24, 2.45) is 0 Å². The van der Waals surface area contributed by atoms with Crippen molar-refractivity contribution in [3.05, 3.63) is 41.6 Å². The van der Waals surface area contributed by atoms with Gasteiger partial charge in [0, 0.05) is 24.7 Å². The minimum absolute atomic E-state index is 0.0196. The van der Waals surface area contributed by atoms with Gasteiger partial charge in [-0.25, -0.2) is 5.10 Å². The molecule has 4 N–H and O–H groups in total. The number of benzene rings is 1. The van der Waals surface area contributed by atoms with E-state index in [-0.39, 0.29) is 18.4 Å². The first-order valence-corrected chi connectivity index (χ1v) is 10.5. The molecule has 0 bridgehead atoms. The molecule has 1 aromatic carbocycles. The van der Waals surface area contributed by atoms with Crippen molar-refractivity contribution in [3.8, 4) is 6.07 Å². The summed E-state index contributed by atoms with van der Waals surface area (Å²) in [4.78, 5) is 29.6. The number of fused-ring (bicyclic) bond motifs is 2. The lowest BCUT2D eigenvalue weighted by Gasteiger charge is -2.22. The van der Waals surface area contributed by atoms with Crippen LogP contribution in [0.1, 0.15) is 36.8 Å². The van der Waals surface area contributed by atoms with Gasteiger partial charge in [-0.05, 0) is 43.0 Å². The molecule has 5 rings (SSSR count). The monoisotopic (exact) mass is 432 g/mol. The molecule has 1 saturated heterocycles. The average molecular weight is 432 g/mol. The van der Waals surface area contributed by atoms with Crippen LogP contribution in [0.3, 0.4) is 0 Å². The summed E-state index contributed by atoms with van der Waals surface area (Å²) >= 11 is 0. The van der Waals surface area contributed by atoms with E-state index >= 15 is 0 Å². The molecular formula is C22H22N7O3+. The standard InChI is InChI=1S/C22H21N7O3/c23-11-14-12-24-29-19(25-15-4-5-17-13(8-15)3-6-20(30)26-17)10-18(27-22(14)29)28-7-1-2-16(28)9-21(31)32/h4-5,8,10,12,16H,1-3,6-7,9H2,(H3,24,25,26,27,30,31,32)/p+1/t16-/m0/s1. The number of aromatic nitrogens is 3. The van der Waals surface area contributed by atoms with Gasteiger partial charge < -0.3 is 15.3 Å². The number of carbonyl (C=O) groups is 2. The largest absolute Gasteiger partial charge is 0.481 e. The molecule has 32 heavy (non-hydrogen) atoms. The van der Waals surface area contributed by atoms with E-state index in [9.17, 15) is 20.0 Å². The number of carboxylic acids is 1. The molecule has 0 unspecified atom stereocenters. The summed E-state index contributed by atoms with van der Waals surface area (Å²) in [5.74, 6) is 0.493. The van der Waals surface area contributed by atoms with Crippen molar-refractivity contribution in [2.75, 3.05) is 22.1 Å². The maximum atomic E-state index is 11.6. The Morgan fingerprint density at radius 3 is 3.06 bits per heavy atom. The molecule has 0 radical (unpaired) electrons. The fourth-order valence-corrected chi connectivity index (χ4v) is 4.48. The number of carboxylic acid groups (broad SMARTS) is 1. The molecule has 10 heteroatoms. The first-order chi connectivity index (χ1) is 15.5. The molecule has 1 atom stereocenters. The van der Waals surface area contributed by atoms with E-state index in [1.54, 1.807) is 10.7 Å². The Morgan fingerprint density at radius 2 is 2.25 bits per heavy atom. The Kier molecular flexibility index (Phi) is 4.86. The number of rotatable bonds is 5. The van der Waals surface area contributed by atoms with E-state index in [2.05, 4.69) is 26.8 Å². The second-order valence-corrected chi connectivity index (χ2v) is 8.09. The second-order valence-electron chi connectivity index (χ2n) is 8.09. The van der Waals surface area contributed by atoms with Crippen LogP contribution in [-0.2, 0) is 16.0 Å². The Labute approximate surface area is 183 Å². The minimum Gasteiger partial charge on any atom is -0.481 e. The number of aliphatic carboxylic acids is 1. The molecule has 2 aliphatic rings. The van der Waals surface area contributed by atoms with Crippen LogP contribution in [0.2, 0.25) is 0 Å². The van der Waals surface area contributed by atoms with E-state index in [4.69, 9.17) is 0 Å². The summed E-state index contributed by atoms with van der Waals surface area (Å²) in [5.41, 5.74) is 3.58. The third-order valence-electron chi connectivity index (χ3n) is 5.99. The van der Waals surface area contributed by atoms with Gasteiger partial charge in [0.1, 0.15) is 11.6 Å². The lowest BCUT2D eigenvalue weighted by Crippen LogP contribution is -2.35. The molecule has 0 spiro atoms. The highest BCUT2D eigenvalue weighted by Crippen LogP contribution is 2.30. The van der Waals surface area contributed by atoms with E-state index in [1.165, 1.54) is 0 Å². The maximum absolute atomic E-state index is 11.6. The Hall–Kier alpha value is -4.13. The van der Waals surface area contributed by atoms with Crippen molar-refractivity contribution in [1.29, 1.82) is 5.26 Å². The highest BCUT2D eigenvalue weighted by atomic mass is 16.4. The van der Waals surface area contributed by atoms with Crippen LogP contribution in [0.4, 0.5) is 23.0 Å². The number of amides is 1. The molecule has 2 aliphatic heterocycles. The van der Waals surface area contributed by atoms with Crippen LogP contribution in [0.25, 0.3) is 5.65 Å². The topological polar surface area (TPSA) is 138 Å². The SMILES string of the molecule is N#Cc1c[nH][n+]2c(Nc3ccc4c(c3)CCC(=O)N4)cc(N3CCC[C@H]3CC(=O)O)nc12. The molecule has 0 saturated carbocycles. The second kappa shape index (κ2) is 7.85. The van der Waals surface area contributed by atoms with Gasteiger partial charge in [-0.3, -0.25) is 14.9 Å². The van der Waals surface area contributed by atoms with Gasteiger partial charge in [0.2, 0.25) is 11.7 Å². The Balaban J connectivity index is 1.54. The number of anilines is 4. The number of H-pyrrole nitrogens is 1. The minimum atomic E-state index is -0.837. The van der Waals surface area contributed by atoms with Gasteiger partial charge in [-0.15, -0.1) is 4.52 Å². The number of hydrogen-bond acceptors (Lipinski definition) is 6. The van der Waals surface area contributed by atoms with Gasteiger partial charge in [0.25, 0.3) is 5.82 Å². The molecule has 1 fully saturated rings. The normalized spacial score (nSPS) is 17.7. The summed E-state index contributed by atoms with van der Waals surface area (Å²) in [7, 11) is 0. The first-order valence-electron chi connectivity index (χ1n) is 10.5. The third-order valence-corrected chi connectivity index (χ3v) is 5.99. The summed E-state index contributed by atoms with van der Waals surface area (Å²) in [6, 6.07) is 9.64. The Bertz CT molecular complexity index is 1280. The molecule has 162 valence electrons. The van der Waals surface area contributed by atoms with E-state index in [0.717, 1.165) is 29.8 Å². The number of carbonyl (C=O) groups excluding carboxylic acids is 1. The van der Waals surface area contributed by atoms with Crippen LogP contribution in [0.15, 0.2) is 30.5 Å². The highest BCUT2D eigenvalue weighted by Gasteiger charge is 2.31. The summed E-state index contributed by atoms with van der Waals surface area (Å²) in [5, 5.41) is 28.1. The van der Waals surface area contributed by atoms with Crippen molar-refractivity contribution >= 4 is 40.5 Å². The molecular weight excluding hydrogens is 410 g/mol. The van der Waals surface area contributed by atoms with Gasteiger partial charge in [-0.2, -0.15) is 5.26 Å². The smallest absolute Gasteiger partial charge is 0.306 e. The molecule has 2 aromatic heterocycles. The lowest BCUT2D eigenvalue weighted by atomic mass is 10.0. The van der Waals surface area contributed by atoms with Gasteiger partial charge in [-0.1, -0.05) is 4.98 Å². The van der Waals surface area contributed by atoms with Crippen LogP contribution in [0, 0.1) is 11.3 Å². The fourth-order valence-electron chi connectivity index (χ4n) is 4.48. The average Bonchev–Trinajstić information content (AvgIpc) is 3.40. The highest BCUT2D eigenvalue weighted by molar-refractivity contribution is 5.94. The number of nitrogens with zero attached hydrogens (tertiary/aromatic N) is 4. The number of hydrogen-bond donors (Lipinski definition) is 4. The molecule has 0 aliphatic carbocycles. The van der Waals surface area contributed by atoms with E-state index in [1.807, 2.05) is 29.2 Å². The van der Waals surface area contributed by atoms with Crippen LogP contribution in [-0.4, -0.2) is 39.7 Å². The van der Waals surface area contributed by atoms with Gasteiger partial charge >= 0.3 is 11.6 Å². The summed E-state index contributed by atoms with van der Waals surface area (Å²) in [6.07, 6.45) is 4.45. The van der Waals surface area contributed by atoms with Crippen molar-refractivity contribution in [2.45, 2.75) is 38.1 Å². The zero-order valence-corrected chi connectivity index (χ0v) is 17.3. The zero-order chi connectivity index (χ0) is 22.2. The Morgan fingerprint density at radius 1 is 1.38 bits per heavy atom. The summed E-state index contributed by atoms with van der Waals surface area (Å²) < 4.78 is 1.70. The molecule has 3 aromatic rings. The van der Waals surface area contributed by atoms with Crippen molar-refractivity contribution in [1.82, 2.24) is 10.1 Å². The van der Waals surface area contributed by atoms with Crippen molar-refractivity contribution < 1.29 is 19.2 Å². The molecule has 4 heterocycles. The number of aryl methyl sites for hydroxylation is 1. The van der Waals surface area contributed by atoms with Gasteiger partial charge in [0.15, 0.2) is 0 Å². The number of nitrogens with one attached hydrogen (secondary N) is 3. The quantitative estimate of drug-likeness (QED) is 0.453. The van der Waals surface area contributed by atoms with Crippen LogP contribution < -0.4 is 20.0 Å². The predicted molar refractivity (Wildman–Crippen MR) is 116 cm³/mol. The number of nitriles is 1. The van der Waals surface area contributed by atoms with Crippen molar-refractivity contribution in [3.63, 3.8) is 0 Å². The van der Waals surface area contributed by atoms with Gasteiger partial charge in [0.05, 0.1) is 24.4 Å². The maximum Gasteiger partial charge on any atom is 0.306 e. The third kappa shape index (κ3) is 3.58. The molecule has 1 amide bonds. The van der Waals surface area contributed by atoms with Crippen LogP contribution in [0.5, 0.6) is 0 Å². The lowest BCUT2D eigenvalue weighted by molar-refractivity contribution is -0.563. The number of aromatic amines is 1. The summed E-state index contributed by atoms with van der Waals surface area (Å²) in [6.45, 7) is 0.714. The van der Waals surface area contributed by atoms with E-state index in [0.29, 0.717) is 42.2 Å². The molecule has 10 nitrogen and oxygen atoms in total. The van der Waals surface area contributed by atoms with E-state index < -0.39 is 5.97 Å². The predicted octanol–water partition coefficient (Wildman–Crippen LogP) is 2.09.